The fraction of sp³-hybridized carbons (Fsp3) is 0.750. The Bertz CT molecular complexity index is 365. The fourth-order valence-electron chi connectivity index (χ4n) is 1.61. The van der Waals surface area contributed by atoms with Gasteiger partial charge in [-0.1, -0.05) is 5.16 Å². The van der Waals surface area contributed by atoms with Crippen molar-refractivity contribution in [3.8, 4) is 0 Å². The van der Waals surface area contributed by atoms with E-state index in [1.165, 1.54) is 0 Å². The molecule has 102 valence electrons. The molecule has 0 fully saturated rings. The molecule has 6 heteroatoms. The number of aliphatic hydroxyl groups is 1. The van der Waals surface area contributed by atoms with E-state index in [1.54, 1.807) is 18.9 Å². The van der Waals surface area contributed by atoms with Crippen molar-refractivity contribution in [2.45, 2.75) is 39.0 Å². The van der Waals surface area contributed by atoms with Crippen LogP contribution in [0.5, 0.6) is 0 Å². The summed E-state index contributed by atoms with van der Waals surface area (Å²) in [4.78, 5) is 17.5. The molecule has 1 N–H and O–H groups in total. The zero-order valence-electron chi connectivity index (χ0n) is 11.1. The zero-order chi connectivity index (χ0) is 13.4. The minimum atomic E-state index is 0.0786. The number of carbonyl (C=O) groups excluding carboxylic acids is 1. The van der Waals surface area contributed by atoms with Gasteiger partial charge in [0.25, 0.3) is 0 Å². The molecule has 0 aliphatic carbocycles. The van der Waals surface area contributed by atoms with E-state index in [0.717, 1.165) is 25.8 Å². The molecule has 1 aromatic heterocycles. The second-order valence-electron chi connectivity index (χ2n) is 4.33. The first-order chi connectivity index (χ1) is 8.63. The van der Waals surface area contributed by atoms with Crippen LogP contribution in [0, 0.1) is 6.92 Å². The van der Waals surface area contributed by atoms with Gasteiger partial charge >= 0.3 is 0 Å². The Hall–Kier alpha value is -1.43. The largest absolute Gasteiger partial charge is 0.396 e. The summed E-state index contributed by atoms with van der Waals surface area (Å²) in [6, 6.07) is 0. The van der Waals surface area contributed by atoms with Gasteiger partial charge in [-0.3, -0.25) is 4.79 Å². The maximum Gasteiger partial charge on any atom is 0.227 e. The smallest absolute Gasteiger partial charge is 0.227 e. The van der Waals surface area contributed by atoms with Crippen LogP contribution in [0.15, 0.2) is 4.52 Å². The molecular formula is C12H21N3O3. The van der Waals surface area contributed by atoms with Crippen molar-refractivity contribution in [2.24, 2.45) is 0 Å². The predicted molar refractivity (Wildman–Crippen MR) is 65.9 cm³/mol. The first-order valence-corrected chi connectivity index (χ1v) is 6.27. The second-order valence-corrected chi connectivity index (χ2v) is 4.33. The Morgan fingerprint density at radius 3 is 2.78 bits per heavy atom. The van der Waals surface area contributed by atoms with Crippen LogP contribution in [0.1, 0.15) is 37.4 Å². The molecule has 0 bridgehead atoms. The molecule has 18 heavy (non-hydrogen) atoms. The fourth-order valence-corrected chi connectivity index (χ4v) is 1.61. The van der Waals surface area contributed by atoms with Gasteiger partial charge in [0.15, 0.2) is 5.82 Å². The van der Waals surface area contributed by atoms with Gasteiger partial charge < -0.3 is 14.5 Å². The molecular weight excluding hydrogens is 234 g/mol. The van der Waals surface area contributed by atoms with Crippen molar-refractivity contribution in [1.82, 2.24) is 15.0 Å². The molecule has 0 atom stereocenters. The lowest BCUT2D eigenvalue weighted by molar-refractivity contribution is -0.130. The number of aromatic nitrogens is 2. The third-order valence-electron chi connectivity index (χ3n) is 2.70. The average molecular weight is 255 g/mol. The quantitative estimate of drug-likeness (QED) is 0.699. The van der Waals surface area contributed by atoms with Gasteiger partial charge in [-0.25, -0.2) is 0 Å². The zero-order valence-corrected chi connectivity index (χ0v) is 11.1. The van der Waals surface area contributed by atoms with E-state index in [2.05, 4.69) is 10.1 Å². The Morgan fingerprint density at radius 2 is 2.17 bits per heavy atom. The van der Waals surface area contributed by atoms with Crippen molar-refractivity contribution in [1.29, 1.82) is 0 Å². The average Bonchev–Trinajstić information content (AvgIpc) is 2.77. The summed E-state index contributed by atoms with van der Waals surface area (Å²) in [5, 5.41) is 12.3. The van der Waals surface area contributed by atoms with Crippen molar-refractivity contribution >= 4 is 5.91 Å². The lowest BCUT2D eigenvalue weighted by Crippen LogP contribution is -2.28. The van der Waals surface area contributed by atoms with Gasteiger partial charge in [-0.15, -0.1) is 0 Å². The van der Waals surface area contributed by atoms with Gasteiger partial charge in [-0.2, -0.15) is 4.98 Å². The Kier molecular flexibility index (Phi) is 6.35. The topological polar surface area (TPSA) is 79.5 Å². The van der Waals surface area contributed by atoms with Crippen molar-refractivity contribution < 1.29 is 14.4 Å². The molecule has 0 unspecified atom stereocenters. The summed E-state index contributed by atoms with van der Waals surface area (Å²) in [7, 11) is 1.79. The number of hydrogen-bond acceptors (Lipinski definition) is 5. The van der Waals surface area contributed by atoms with Gasteiger partial charge in [0, 0.05) is 33.0 Å². The van der Waals surface area contributed by atoms with Crippen molar-refractivity contribution in [3.63, 3.8) is 0 Å². The Labute approximate surface area is 107 Å². The highest BCUT2D eigenvalue weighted by Crippen LogP contribution is 2.03. The normalized spacial score (nSPS) is 10.6. The third kappa shape index (κ3) is 5.27. The molecule has 1 amide bonds. The van der Waals surface area contributed by atoms with Gasteiger partial charge in [0.05, 0.1) is 0 Å². The van der Waals surface area contributed by atoms with Crippen LogP contribution in [0.4, 0.5) is 0 Å². The first-order valence-electron chi connectivity index (χ1n) is 6.27. The lowest BCUT2D eigenvalue weighted by Gasteiger charge is -2.16. The van der Waals surface area contributed by atoms with Gasteiger partial charge in [0.2, 0.25) is 11.8 Å². The highest BCUT2D eigenvalue weighted by Gasteiger charge is 2.11. The monoisotopic (exact) mass is 255 g/mol. The van der Waals surface area contributed by atoms with E-state index in [4.69, 9.17) is 9.63 Å². The van der Waals surface area contributed by atoms with Crippen molar-refractivity contribution in [2.75, 3.05) is 20.2 Å². The van der Waals surface area contributed by atoms with Crippen LogP contribution in [0.25, 0.3) is 0 Å². The molecule has 1 rings (SSSR count). The summed E-state index contributed by atoms with van der Waals surface area (Å²) in [5.74, 6) is 1.18. The molecule has 1 aromatic rings. The van der Waals surface area contributed by atoms with Crippen LogP contribution in [0.3, 0.4) is 0 Å². The third-order valence-corrected chi connectivity index (χ3v) is 2.70. The first kappa shape index (κ1) is 14.6. The van der Waals surface area contributed by atoms with Crippen LogP contribution >= 0.6 is 0 Å². The van der Waals surface area contributed by atoms with E-state index in [1.807, 2.05) is 0 Å². The number of carbonyl (C=O) groups is 1. The molecule has 0 aromatic carbocycles. The molecule has 0 spiro atoms. The van der Waals surface area contributed by atoms with E-state index in [0.29, 0.717) is 24.6 Å². The van der Waals surface area contributed by atoms with Crippen LogP contribution in [-0.4, -0.2) is 46.3 Å². The number of aryl methyl sites for hydroxylation is 2. The highest BCUT2D eigenvalue weighted by atomic mass is 16.5. The number of amides is 1. The number of rotatable bonds is 8. The van der Waals surface area contributed by atoms with Gasteiger partial charge in [0.1, 0.15) is 0 Å². The molecule has 6 nitrogen and oxygen atoms in total. The second kappa shape index (κ2) is 7.81. The van der Waals surface area contributed by atoms with Crippen LogP contribution in [0.2, 0.25) is 0 Å². The maximum absolute atomic E-state index is 11.8. The minimum absolute atomic E-state index is 0.0786. The molecule has 0 saturated heterocycles. The summed E-state index contributed by atoms with van der Waals surface area (Å²) in [6.07, 6.45) is 3.53. The number of unbranched alkanes of at least 4 members (excludes halogenated alkanes) is 2. The molecule has 0 saturated carbocycles. The molecule has 1 heterocycles. The van der Waals surface area contributed by atoms with E-state index >= 15 is 0 Å². The van der Waals surface area contributed by atoms with Gasteiger partial charge in [-0.05, 0) is 26.2 Å². The Morgan fingerprint density at radius 1 is 1.39 bits per heavy atom. The van der Waals surface area contributed by atoms with E-state index in [-0.39, 0.29) is 12.5 Å². The van der Waals surface area contributed by atoms with E-state index in [9.17, 15) is 4.79 Å². The highest BCUT2D eigenvalue weighted by molar-refractivity contribution is 5.75. The number of nitrogens with zero attached hydrogens (tertiary/aromatic N) is 3. The Balaban J connectivity index is 2.19. The molecule has 0 radical (unpaired) electrons. The number of aliphatic hydroxyl groups excluding tert-OH is 1. The van der Waals surface area contributed by atoms with Crippen molar-refractivity contribution in [3.05, 3.63) is 11.7 Å². The van der Waals surface area contributed by atoms with Crippen LogP contribution in [-0.2, 0) is 11.2 Å². The number of hydrogen-bond donors (Lipinski definition) is 1. The maximum atomic E-state index is 11.8. The molecule has 0 aliphatic rings. The molecule has 0 aliphatic heterocycles. The van der Waals surface area contributed by atoms with Crippen LogP contribution < -0.4 is 0 Å². The summed E-state index contributed by atoms with van der Waals surface area (Å²) < 4.78 is 4.95. The summed E-state index contributed by atoms with van der Waals surface area (Å²) >= 11 is 0. The predicted octanol–water partition coefficient (Wildman–Crippen LogP) is 0.932. The standard InChI is InChI=1S/C12H21N3O3/c1-10-13-11(18-14-10)6-7-12(17)15(2)8-4-3-5-9-16/h16H,3-9H2,1-2H3. The lowest BCUT2D eigenvalue weighted by atomic mass is 10.2. The minimum Gasteiger partial charge on any atom is -0.396 e. The SMILES string of the molecule is Cc1noc(CCC(=O)N(C)CCCCCO)n1. The summed E-state index contributed by atoms with van der Waals surface area (Å²) in [6.45, 7) is 2.69. The van der Waals surface area contributed by atoms with E-state index < -0.39 is 0 Å². The summed E-state index contributed by atoms with van der Waals surface area (Å²) in [5.41, 5.74) is 0.